The van der Waals surface area contributed by atoms with Gasteiger partial charge in [0.1, 0.15) is 34.8 Å². The second-order valence-corrected chi connectivity index (χ2v) is 7.34. The topological polar surface area (TPSA) is 115 Å². The maximum atomic E-state index is 12.5. The average molecular weight is 429 g/mol. The van der Waals surface area contributed by atoms with Crippen molar-refractivity contribution < 1.29 is 14.3 Å². The van der Waals surface area contributed by atoms with Gasteiger partial charge in [-0.2, -0.15) is 0 Å². The van der Waals surface area contributed by atoms with Crippen LogP contribution >= 0.6 is 0 Å². The van der Waals surface area contributed by atoms with Gasteiger partial charge in [0.15, 0.2) is 5.43 Å². The van der Waals surface area contributed by atoms with Crippen LogP contribution in [0, 0.1) is 6.92 Å². The standard InChI is InChI=1S/C25H23N3O4/c1-16-7-5-6-10-20(16)28(27)14-18(26)15-31-19-11-21(29)25-22(30)13-23(32-24(25)12-19)17-8-3-2-4-9-17/h2-14,29H,15,26-27H2,1H3/b18-14-. The normalized spacial score (nSPS) is 11.5. The highest BCUT2D eigenvalue weighted by Crippen LogP contribution is 2.31. The third kappa shape index (κ3) is 4.43. The quantitative estimate of drug-likeness (QED) is 0.313. The van der Waals surface area contributed by atoms with E-state index in [9.17, 15) is 9.90 Å². The molecule has 0 aliphatic rings. The molecule has 7 heteroatoms. The Bertz CT molecular complexity index is 1350. The van der Waals surface area contributed by atoms with Gasteiger partial charge >= 0.3 is 0 Å². The summed E-state index contributed by atoms with van der Waals surface area (Å²) in [4.78, 5) is 12.5. The first kappa shape index (κ1) is 21.0. The van der Waals surface area contributed by atoms with Gasteiger partial charge in [0.25, 0.3) is 0 Å². The number of hydrogen-bond acceptors (Lipinski definition) is 7. The lowest BCUT2D eigenvalue weighted by molar-refractivity contribution is 0.347. The molecule has 0 radical (unpaired) electrons. The van der Waals surface area contributed by atoms with Crippen molar-refractivity contribution in [3.63, 3.8) is 0 Å². The number of fused-ring (bicyclic) bond motifs is 1. The molecular formula is C25H23N3O4. The molecule has 0 aliphatic carbocycles. The van der Waals surface area contributed by atoms with Crippen LogP contribution in [-0.4, -0.2) is 11.7 Å². The van der Waals surface area contributed by atoms with Gasteiger partial charge in [-0.25, -0.2) is 5.84 Å². The van der Waals surface area contributed by atoms with E-state index in [0.717, 1.165) is 16.8 Å². The van der Waals surface area contributed by atoms with Gasteiger partial charge < -0.3 is 20.0 Å². The van der Waals surface area contributed by atoms with Gasteiger partial charge in [-0.05, 0) is 18.6 Å². The van der Waals surface area contributed by atoms with E-state index in [2.05, 4.69) is 0 Å². The van der Waals surface area contributed by atoms with E-state index in [0.29, 0.717) is 17.2 Å². The molecular weight excluding hydrogens is 406 g/mol. The lowest BCUT2D eigenvalue weighted by atomic mass is 10.1. The van der Waals surface area contributed by atoms with E-state index in [4.69, 9.17) is 20.7 Å². The SMILES string of the molecule is Cc1ccccc1N(N)/C=C(\N)COc1cc(O)c2c(=O)cc(-c3ccccc3)oc2c1. The Kier molecular flexibility index (Phi) is 5.83. The second kappa shape index (κ2) is 8.87. The molecule has 0 spiro atoms. The predicted octanol–water partition coefficient (Wildman–Crippen LogP) is 4.03. The summed E-state index contributed by atoms with van der Waals surface area (Å²) in [6, 6.07) is 21.2. The number of anilines is 1. The fourth-order valence-corrected chi connectivity index (χ4v) is 3.38. The first-order valence-electron chi connectivity index (χ1n) is 9.97. The van der Waals surface area contributed by atoms with Gasteiger partial charge in [-0.15, -0.1) is 0 Å². The van der Waals surface area contributed by atoms with Crippen molar-refractivity contribution in [1.29, 1.82) is 0 Å². The zero-order chi connectivity index (χ0) is 22.7. The summed E-state index contributed by atoms with van der Waals surface area (Å²) in [5.41, 5.74) is 8.88. The summed E-state index contributed by atoms with van der Waals surface area (Å²) in [5.74, 6) is 6.56. The van der Waals surface area contributed by atoms with E-state index >= 15 is 0 Å². The van der Waals surface area contributed by atoms with Crippen LogP contribution in [0.15, 0.2) is 93.9 Å². The Hall–Kier alpha value is -4.23. The summed E-state index contributed by atoms with van der Waals surface area (Å²) in [6.45, 7) is 1.97. The number of phenols is 1. The zero-order valence-corrected chi connectivity index (χ0v) is 17.5. The Morgan fingerprint density at radius 1 is 1.09 bits per heavy atom. The van der Waals surface area contributed by atoms with E-state index in [1.165, 1.54) is 17.1 Å². The molecule has 7 nitrogen and oxygen atoms in total. The predicted molar refractivity (Wildman–Crippen MR) is 125 cm³/mol. The number of para-hydroxylation sites is 1. The third-order valence-electron chi connectivity index (χ3n) is 4.95. The maximum absolute atomic E-state index is 12.5. The minimum atomic E-state index is -0.342. The highest BCUT2D eigenvalue weighted by atomic mass is 16.5. The van der Waals surface area contributed by atoms with Crippen molar-refractivity contribution in [2.45, 2.75) is 6.92 Å². The fraction of sp³-hybridized carbons (Fsp3) is 0.0800. The number of nitrogens with zero attached hydrogens (tertiary/aromatic N) is 1. The molecule has 0 fully saturated rings. The number of hydrogen-bond donors (Lipinski definition) is 3. The molecule has 0 saturated carbocycles. The Morgan fingerprint density at radius 3 is 2.56 bits per heavy atom. The summed E-state index contributed by atoms with van der Waals surface area (Å²) in [7, 11) is 0. The minimum Gasteiger partial charge on any atom is -0.507 e. The van der Waals surface area contributed by atoms with Crippen LogP contribution in [0.3, 0.4) is 0 Å². The third-order valence-corrected chi connectivity index (χ3v) is 4.95. The number of aromatic hydroxyl groups is 1. The molecule has 0 amide bonds. The van der Waals surface area contributed by atoms with Crippen LogP contribution in [0.5, 0.6) is 11.5 Å². The number of rotatable bonds is 6. The number of benzene rings is 3. The molecule has 0 saturated heterocycles. The van der Waals surface area contributed by atoms with Gasteiger partial charge in [-0.1, -0.05) is 48.5 Å². The molecule has 0 aliphatic heterocycles. The second-order valence-electron chi connectivity index (χ2n) is 7.34. The highest BCUT2D eigenvalue weighted by Gasteiger charge is 2.13. The molecule has 3 aromatic carbocycles. The molecule has 5 N–H and O–H groups in total. The Morgan fingerprint density at radius 2 is 1.81 bits per heavy atom. The zero-order valence-electron chi connectivity index (χ0n) is 17.5. The number of ether oxygens (including phenoxy) is 1. The molecule has 0 bridgehead atoms. The van der Waals surface area contributed by atoms with E-state index in [-0.39, 0.29) is 28.8 Å². The number of nitrogens with two attached hydrogens (primary N) is 2. The Balaban J connectivity index is 1.58. The molecule has 0 unspecified atom stereocenters. The smallest absolute Gasteiger partial charge is 0.197 e. The maximum Gasteiger partial charge on any atom is 0.197 e. The van der Waals surface area contributed by atoms with E-state index in [1.54, 1.807) is 12.3 Å². The Labute approximate surface area is 184 Å². The van der Waals surface area contributed by atoms with Crippen molar-refractivity contribution in [1.82, 2.24) is 0 Å². The summed E-state index contributed by atoms with van der Waals surface area (Å²) < 4.78 is 11.6. The lowest BCUT2D eigenvalue weighted by Gasteiger charge is -2.17. The van der Waals surface area contributed by atoms with Gasteiger partial charge in [0.05, 0.1) is 11.4 Å². The molecule has 162 valence electrons. The van der Waals surface area contributed by atoms with Gasteiger partial charge in [0, 0.05) is 30.0 Å². The number of aryl methyl sites for hydroxylation is 1. The van der Waals surface area contributed by atoms with Crippen molar-refractivity contribution in [2.75, 3.05) is 11.6 Å². The van der Waals surface area contributed by atoms with Crippen LogP contribution in [0.2, 0.25) is 0 Å². The minimum absolute atomic E-state index is 0.0210. The van der Waals surface area contributed by atoms with Crippen LogP contribution in [0.1, 0.15) is 5.56 Å². The van der Waals surface area contributed by atoms with Crippen LogP contribution in [0.4, 0.5) is 5.69 Å². The first-order chi connectivity index (χ1) is 15.4. The van der Waals surface area contributed by atoms with E-state index < -0.39 is 0 Å². The van der Waals surface area contributed by atoms with Crippen molar-refractivity contribution in [2.24, 2.45) is 11.6 Å². The van der Waals surface area contributed by atoms with Crippen molar-refractivity contribution >= 4 is 16.7 Å². The van der Waals surface area contributed by atoms with Crippen LogP contribution in [0.25, 0.3) is 22.3 Å². The lowest BCUT2D eigenvalue weighted by Crippen LogP contribution is -2.27. The monoisotopic (exact) mass is 429 g/mol. The summed E-state index contributed by atoms with van der Waals surface area (Å²) in [5, 5.41) is 11.9. The first-order valence-corrected chi connectivity index (χ1v) is 9.97. The van der Waals surface area contributed by atoms with Crippen molar-refractivity contribution in [3.05, 3.63) is 100 Å². The number of phenolic OH excluding ortho intramolecular Hbond substituents is 1. The average Bonchev–Trinajstić information content (AvgIpc) is 2.78. The highest BCUT2D eigenvalue weighted by molar-refractivity contribution is 5.86. The molecule has 0 atom stereocenters. The molecule has 4 aromatic rings. The summed E-state index contributed by atoms with van der Waals surface area (Å²) in [6.07, 6.45) is 1.57. The van der Waals surface area contributed by atoms with Crippen LogP contribution < -0.4 is 26.8 Å². The van der Waals surface area contributed by atoms with Gasteiger partial charge in [0.2, 0.25) is 0 Å². The van der Waals surface area contributed by atoms with Crippen molar-refractivity contribution in [3.8, 4) is 22.8 Å². The molecule has 1 aromatic heterocycles. The fourth-order valence-electron chi connectivity index (χ4n) is 3.38. The summed E-state index contributed by atoms with van der Waals surface area (Å²) >= 11 is 0. The number of hydrazine groups is 1. The largest absolute Gasteiger partial charge is 0.507 e. The molecule has 1 heterocycles. The molecule has 32 heavy (non-hydrogen) atoms. The molecule has 4 rings (SSSR count). The van der Waals surface area contributed by atoms with E-state index in [1.807, 2.05) is 61.5 Å². The van der Waals surface area contributed by atoms with Crippen LogP contribution in [-0.2, 0) is 0 Å². The van der Waals surface area contributed by atoms with Gasteiger partial charge in [-0.3, -0.25) is 9.80 Å².